The molecular formula is C12H22N2O3. The zero-order valence-electron chi connectivity index (χ0n) is 10.6. The molecule has 1 rings (SSSR count). The molecule has 0 bridgehead atoms. The Balaban J connectivity index is 2.17. The molecule has 98 valence electrons. The molecule has 0 radical (unpaired) electrons. The molecule has 0 saturated carbocycles. The van der Waals surface area contributed by atoms with Gasteiger partial charge in [0.15, 0.2) is 0 Å². The smallest absolute Gasteiger partial charge is 0.307 e. The molecule has 0 spiro atoms. The second kappa shape index (κ2) is 6.59. The van der Waals surface area contributed by atoms with Crippen LogP contribution in [-0.2, 0) is 9.59 Å². The van der Waals surface area contributed by atoms with Crippen LogP contribution in [0.3, 0.4) is 0 Å². The lowest BCUT2D eigenvalue weighted by atomic mass is 10.1. The minimum absolute atomic E-state index is 0.00307. The van der Waals surface area contributed by atoms with E-state index in [4.69, 9.17) is 5.11 Å². The summed E-state index contributed by atoms with van der Waals surface area (Å²) in [6.07, 6.45) is 1.62. The van der Waals surface area contributed by atoms with Crippen molar-refractivity contribution in [2.24, 2.45) is 11.8 Å². The van der Waals surface area contributed by atoms with E-state index < -0.39 is 5.97 Å². The van der Waals surface area contributed by atoms with Crippen LogP contribution in [0.25, 0.3) is 0 Å². The highest BCUT2D eigenvalue weighted by Gasteiger charge is 2.28. The Morgan fingerprint density at radius 1 is 1.47 bits per heavy atom. The number of carboxylic acids is 1. The molecule has 0 aromatic heterocycles. The predicted octanol–water partition coefficient (Wildman–Crippen LogP) is 0.555. The van der Waals surface area contributed by atoms with E-state index in [9.17, 15) is 9.59 Å². The average Bonchev–Trinajstić information content (AvgIpc) is 2.65. The largest absolute Gasteiger partial charge is 0.481 e. The fourth-order valence-electron chi connectivity index (χ4n) is 1.94. The van der Waals surface area contributed by atoms with Gasteiger partial charge in [-0.05, 0) is 25.3 Å². The van der Waals surface area contributed by atoms with Crippen molar-refractivity contribution < 1.29 is 14.7 Å². The van der Waals surface area contributed by atoms with E-state index in [1.54, 1.807) is 0 Å². The molecule has 1 fully saturated rings. The van der Waals surface area contributed by atoms with Gasteiger partial charge in [-0.25, -0.2) is 0 Å². The maximum atomic E-state index is 11.6. The van der Waals surface area contributed by atoms with Gasteiger partial charge in [-0.2, -0.15) is 0 Å². The van der Waals surface area contributed by atoms with E-state index in [1.807, 2.05) is 4.90 Å². The monoisotopic (exact) mass is 242 g/mol. The lowest BCUT2D eigenvalue weighted by Crippen LogP contribution is -2.37. The number of hydrogen-bond acceptors (Lipinski definition) is 3. The third kappa shape index (κ3) is 5.17. The molecule has 0 aromatic rings. The molecule has 1 saturated heterocycles. The maximum absolute atomic E-state index is 11.6. The van der Waals surface area contributed by atoms with Crippen molar-refractivity contribution in [3.8, 4) is 0 Å². The Kier molecular flexibility index (Phi) is 5.41. The third-order valence-electron chi connectivity index (χ3n) is 3.03. The van der Waals surface area contributed by atoms with E-state index in [0.717, 1.165) is 6.42 Å². The molecule has 1 unspecified atom stereocenters. The number of nitrogens with zero attached hydrogens (tertiary/aromatic N) is 1. The second-order valence-corrected chi connectivity index (χ2v) is 5.09. The van der Waals surface area contributed by atoms with Crippen LogP contribution in [0.5, 0.6) is 0 Å². The Hall–Kier alpha value is -1.10. The van der Waals surface area contributed by atoms with E-state index in [1.165, 1.54) is 0 Å². The van der Waals surface area contributed by atoms with Crippen LogP contribution < -0.4 is 5.32 Å². The Morgan fingerprint density at radius 2 is 2.18 bits per heavy atom. The van der Waals surface area contributed by atoms with E-state index in [2.05, 4.69) is 19.2 Å². The van der Waals surface area contributed by atoms with E-state index >= 15 is 0 Å². The Morgan fingerprint density at radius 3 is 2.71 bits per heavy atom. The van der Waals surface area contributed by atoms with Crippen molar-refractivity contribution in [1.82, 2.24) is 10.2 Å². The molecule has 1 heterocycles. The van der Waals surface area contributed by atoms with Gasteiger partial charge in [-0.3, -0.25) is 14.5 Å². The number of rotatable bonds is 6. The average molecular weight is 242 g/mol. The molecule has 2 N–H and O–H groups in total. The quantitative estimate of drug-likeness (QED) is 0.714. The fraction of sp³-hybridized carbons (Fsp3) is 0.833. The van der Waals surface area contributed by atoms with Gasteiger partial charge in [0.25, 0.3) is 0 Å². The summed E-state index contributed by atoms with van der Waals surface area (Å²) in [5, 5.41) is 11.7. The van der Waals surface area contributed by atoms with Crippen LogP contribution >= 0.6 is 0 Å². The number of carboxylic acid groups (broad SMARTS) is 1. The number of amides is 1. The minimum atomic E-state index is -0.757. The van der Waals surface area contributed by atoms with E-state index in [-0.39, 0.29) is 11.8 Å². The third-order valence-corrected chi connectivity index (χ3v) is 3.03. The summed E-state index contributed by atoms with van der Waals surface area (Å²) in [7, 11) is 0. The van der Waals surface area contributed by atoms with Gasteiger partial charge in [-0.15, -0.1) is 0 Å². The van der Waals surface area contributed by atoms with Crippen LogP contribution in [0.1, 0.15) is 26.7 Å². The first-order valence-electron chi connectivity index (χ1n) is 6.21. The molecule has 1 amide bonds. The minimum Gasteiger partial charge on any atom is -0.481 e. The maximum Gasteiger partial charge on any atom is 0.307 e. The first-order chi connectivity index (χ1) is 7.99. The molecule has 0 aliphatic carbocycles. The summed E-state index contributed by atoms with van der Waals surface area (Å²) in [6, 6.07) is 0. The highest BCUT2D eigenvalue weighted by atomic mass is 16.4. The Bertz CT molecular complexity index is 279. The van der Waals surface area contributed by atoms with Crippen molar-refractivity contribution >= 4 is 11.9 Å². The number of hydrogen-bond donors (Lipinski definition) is 2. The number of carbonyl (C=O) groups excluding carboxylic acids is 1. The number of aliphatic carboxylic acids is 1. The van der Waals surface area contributed by atoms with Crippen molar-refractivity contribution in [3.05, 3.63) is 0 Å². The summed E-state index contributed by atoms with van der Waals surface area (Å²) >= 11 is 0. The van der Waals surface area contributed by atoms with Gasteiger partial charge in [-0.1, -0.05) is 13.8 Å². The SMILES string of the molecule is CC(C)CCNC(=O)CN1CCC(C(=O)O)C1. The summed E-state index contributed by atoms with van der Waals surface area (Å²) < 4.78 is 0. The van der Waals surface area contributed by atoms with Crippen molar-refractivity contribution in [3.63, 3.8) is 0 Å². The number of carbonyl (C=O) groups is 2. The summed E-state index contributed by atoms with van der Waals surface area (Å²) in [6.45, 7) is 6.45. The number of likely N-dealkylation sites (tertiary alicyclic amines) is 1. The van der Waals surface area contributed by atoms with Gasteiger partial charge in [0.2, 0.25) is 5.91 Å². The topological polar surface area (TPSA) is 69.6 Å². The Labute approximate surface area is 102 Å². The van der Waals surface area contributed by atoms with Gasteiger partial charge < -0.3 is 10.4 Å². The van der Waals surface area contributed by atoms with Crippen molar-refractivity contribution in [1.29, 1.82) is 0 Å². The van der Waals surface area contributed by atoms with Gasteiger partial charge in [0.05, 0.1) is 12.5 Å². The van der Waals surface area contributed by atoms with Crippen LogP contribution in [0.15, 0.2) is 0 Å². The van der Waals surface area contributed by atoms with Gasteiger partial charge >= 0.3 is 5.97 Å². The van der Waals surface area contributed by atoms with Gasteiger partial charge in [0, 0.05) is 13.1 Å². The van der Waals surface area contributed by atoms with Crippen molar-refractivity contribution in [2.45, 2.75) is 26.7 Å². The molecule has 1 aliphatic rings. The molecule has 1 aliphatic heterocycles. The normalized spacial score (nSPS) is 20.8. The molecule has 5 heteroatoms. The van der Waals surface area contributed by atoms with Crippen molar-refractivity contribution in [2.75, 3.05) is 26.2 Å². The van der Waals surface area contributed by atoms with Crippen LogP contribution in [-0.4, -0.2) is 48.1 Å². The number of nitrogens with one attached hydrogen (secondary N) is 1. The van der Waals surface area contributed by atoms with Crippen LogP contribution in [0, 0.1) is 11.8 Å². The first kappa shape index (κ1) is 14.0. The lowest BCUT2D eigenvalue weighted by Gasteiger charge is -2.15. The second-order valence-electron chi connectivity index (χ2n) is 5.09. The van der Waals surface area contributed by atoms with Crippen LogP contribution in [0.4, 0.5) is 0 Å². The molecule has 1 atom stereocenters. The fourth-order valence-corrected chi connectivity index (χ4v) is 1.94. The summed E-state index contributed by atoms with van der Waals surface area (Å²) in [4.78, 5) is 24.2. The highest BCUT2D eigenvalue weighted by Crippen LogP contribution is 2.15. The predicted molar refractivity (Wildman–Crippen MR) is 64.6 cm³/mol. The molecule has 0 aromatic carbocycles. The first-order valence-corrected chi connectivity index (χ1v) is 6.21. The van der Waals surface area contributed by atoms with Crippen LogP contribution in [0.2, 0.25) is 0 Å². The van der Waals surface area contributed by atoms with Gasteiger partial charge in [0.1, 0.15) is 0 Å². The zero-order valence-corrected chi connectivity index (χ0v) is 10.6. The lowest BCUT2D eigenvalue weighted by molar-refractivity contribution is -0.141. The summed E-state index contributed by atoms with van der Waals surface area (Å²) in [5.74, 6) is -0.485. The standard InChI is InChI=1S/C12H22N2O3/c1-9(2)3-5-13-11(15)8-14-6-4-10(7-14)12(16)17/h9-10H,3-8H2,1-2H3,(H,13,15)(H,16,17). The zero-order chi connectivity index (χ0) is 12.8. The summed E-state index contributed by atoms with van der Waals surface area (Å²) in [5.41, 5.74) is 0. The highest BCUT2D eigenvalue weighted by molar-refractivity contribution is 5.78. The molecular weight excluding hydrogens is 220 g/mol. The van der Waals surface area contributed by atoms with E-state index in [0.29, 0.717) is 38.5 Å². The molecule has 5 nitrogen and oxygen atoms in total. The molecule has 17 heavy (non-hydrogen) atoms.